The van der Waals surface area contributed by atoms with E-state index in [1.54, 1.807) is 18.2 Å². The number of non-ortho nitro benzene ring substituents is 1. The predicted octanol–water partition coefficient (Wildman–Crippen LogP) is 4.42. The molecule has 0 heterocycles. The molecule has 2 aromatic carbocycles. The fourth-order valence-electron chi connectivity index (χ4n) is 3.64. The number of phenols is 2. The summed E-state index contributed by atoms with van der Waals surface area (Å²) in [6, 6.07) is 10.2. The number of halogens is 2. The Balaban J connectivity index is 0. The highest BCUT2D eigenvalue weighted by molar-refractivity contribution is 8.93. The molecule has 0 amide bonds. The van der Waals surface area contributed by atoms with Gasteiger partial charge in [-0.25, -0.2) is 0 Å². The third-order valence-electron chi connectivity index (χ3n) is 5.48. The van der Waals surface area contributed by atoms with Crippen LogP contribution in [-0.4, -0.2) is 46.8 Å². The summed E-state index contributed by atoms with van der Waals surface area (Å²) in [5.41, 5.74) is 3.17. The van der Waals surface area contributed by atoms with Crippen molar-refractivity contribution >= 4 is 39.7 Å². The molecule has 0 saturated heterocycles. The Bertz CT molecular complexity index is 823. The maximum Gasteiger partial charge on any atom is 0.269 e. The summed E-state index contributed by atoms with van der Waals surface area (Å²) in [7, 11) is 0. The van der Waals surface area contributed by atoms with Crippen molar-refractivity contribution in [2.45, 2.75) is 51.9 Å². The van der Waals surface area contributed by atoms with E-state index in [0.717, 1.165) is 68.6 Å². The molecule has 0 bridgehead atoms. The van der Waals surface area contributed by atoms with Crippen molar-refractivity contribution in [1.82, 2.24) is 10.6 Å². The minimum atomic E-state index is -0.374. The second kappa shape index (κ2) is 19.6. The van der Waals surface area contributed by atoms with Crippen LogP contribution in [0.5, 0.6) is 11.5 Å². The van der Waals surface area contributed by atoms with Gasteiger partial charge in [-0.15, -0.1) is 34.0 Å². The van der Waals surface area contributed by atoms with E-state index in [4.69, 9.17) is 0 Å². The van der Waals surface area contributed by atoms with E-state index in [1.807, 2.05) is 25.1 Å². The molecule has 0 fully saturated rings. The van der Waals surface area contributed by atoms with Gasteiger partial charge in [0.2, 0.25) is 0 Å². The summed E-state index contributed by atoms with van der Waals surface area (Å²) in [5, 5.41) is 37.1. The standard InChI is InChI=1S/C24H35N3O4.2BrH.H2O/c1-2-22-20(9-12-23(28)24(22)29)14-18-26-16-6-4-3-5-15-25-17-13-19-7-10-21(11-8-19)27(30)31;;;/h7-12,25-26,28-29H,2-6,13-18H2,1H3;2*1H;1H2. The van der Waals surface area contributed by atoms with E-state index < -0.39 is 0 Å². The number of nitrogens with one attached hydrogen (secondary N) is 2. The minimum absolute atomic E-state index is 0. The second-order valence-corrected chi connectivity index (χ2v) is 7.76. The summed E-state index contributed by atoms with van der Waals surface area (Å²) in [6.07, 6.45) is 7.10. The van der Waals surface area contributed by atoms with Gasteiger partial charge in [-0.1, -0.05) is 38.0 Å². The van der Waals surface area contributed by atoms with E-state index in [0.29, 0.717) is 6.42 Å². The van der Waals surface area contributed by atoms with E-state index in [-0.39, 0.29) is 61.5 Å². The van der Waals surface area contributed by atoms with E-state index in [9.17, 15) is 20.3 Å². The summed E-state index contributed by atoms with van der Waals surface area (Å²) >= 11 is 0. The number of nitro benzene ring substituents is 1. The molecule has 0 atom stereocenters. The number of unbranched alkanes of at least 4 members (excludes halogenated alkanes) is 3. The van der Waals surface area contributed by atoms with Gasteiger partial charge < -0.3 is 26.3 Å². The Morgan fingerprint density at radius 2 is 1.38 bits per heavy atom. The molecular formula is C24H39Br2N3O5. The molecule has 0 radical (unpaired) electrons. The van der Waals surface area contributed by atoms with Crippen LogP contribution < -0.4 is 10.6 Å². The van der Waals surface area contributed by atoms with Crippen LogP contribution >= 0.6 is 34.0 Å². The number of nitrogens with zero attached hydrogens (tertiary/aromatic N) is 1. The van der Waals surface area contributed by atoms with E-state index in [1.165, 1.54) is 12.8 Å². The monoisotopic (exact) mass is 607 g/mol. The Morgan fingerprint density at radius 3 is 1.91 bits per heavy atom. The highest BCUT2D eigenvalue weighted by Crippen LogP contribution is 2.31. The van der Waals surface area contributed by atoms with Gasteiger partial charge in [-0.2, -0.15) is 0 Å². The van der Waals surface area contributed by atoms with Gasteiger partial charge in [0.15, 0.2) is 11.5 Å². The predicted molar refractivity (Wildman–Crippen MR) is 148 cm³/mol. The molecule has 10 heteroatoms. The summed E-state index contributed by atoms with van der Waals surface area (Å²) in [6.45, 7) is 5.70. The van der Waals surface area contributed by atoms with E-state index in [2.05, 4.69) is 10.6 Å². The first-order chi connectivity index (χ1) is 15.0. The highest BCUT2D eigenvalue weighted by Gasteiger charge is 2.10. The molecule has 0 unspecified atom stereocenters. The molecule has 0 aliphatic heterocycles. The zero-order valence-corrected chi connectivity index (χ0v) is 23.1. The SMILES string of the molecule is Br.Br.CCc1c(CCNCCCCCCNCCc2ccc([N+](=O)[O-])cc2)ccc(O)c1O.O. The molecule has 0 saturated carbocycles. The zero-order chi connectivity index (χ0) is 22.5. The second-order valence-electron chi connectivity index (χ2n) is 7.76. The van der Waals surface area contributed by atoms with Gasteiger partial charge in [0.1, 0.15) is 0 Å². The minimum Gasteiger partial charge on any atom is -0.504 e. The normalized spacial score (nSPS) is 10.0. The van der Waals surface area contributed by atoms with Gasteiger partial charge in [-0.3, -0.25) is 10.1 Å². The number of nitro groups is 1. The summed E-state index contributed by atoms with van der Waals surface area (Å²) < 4.78 is 0. The van der Waals surface area contributed by atoms with Gasteiger partial charge in [0, 0.05) is 17.7 Å². The van der Waals surface area contributed by atoms with Crippen LogP contribution in [0.15, 0.2) is 36.4 Å². The molecular weight excluding hydrogens is 570 g/mol. The lowest BCUT2D eigenvalue weighted by Crippen LogP contribution is -2.19. The summed E-state index contributed by atoms with van der Waals surface area (Å²) in [5.74, 6) is -0.0317. The lowest BCUT2D eigenvalue weighted by atomic mass is 10.0. The molecule has 0 aliphatic carbocycles. The molecule has 6 N–H and O–H groups in total. The van der Waals surface area contributed by atoms with Crippen molar-refractivity contribution in [3.05, 3.63) is 63.2 Å². The number of hydrogen-bond acceptors (Lipinski definition) is 6. The average Bonchev–Trinajstić information content (AvgIpc) is 2.77. The van der Waals surface area contributed by atoms with Crippen molar-refractivity contribution in [1.29, 1.82) is 0 Å². The quantitative estimate of drug-likeness (QED) is 0.102. The van der Waals surface area contributed by atoms with Crippen molar-refractivity contribution in [2.24, 2.45) is 0 Å². The molecule has 0 spiro atoms. The average molecular weight is 609 g/mol. The fraction of sp³-hybridized carbons (Fsp3) is 0.500. The van der Waals surface area contributed by atoms with Crippen molar-refractivity contribution in [3.63, 3.8) is 0 Å². The number of hydrogen-bond donors (Lipinski definition) is 4. The van der Waals surface area contributed by atoms with Crippen molar-refractivity contribution < 1.29 is 20.6 Å². The number of phenolic OH excluding ortho intramolecular Hbond substituents is 2. The maximum atomic E-state index is 10.6. The van der Waals surface area contributed by atoms with Gasteiger partial charge >= 0.3 is 0 Å². The Labute approximate surface area is 223 Å². The van der Waals surface area contributed by atoms with E-state index >= 15 is 0 Å². The van der Waals surface area contributed by atoms with Gasteiger partial charge in [-0.05, 0) is 75.5 Å². The highest BCUT2D eigenvalue weighted by atomic mass is 79.9. The topological polar surface area (TPSA) is 139 Å². The van der Waals surface area contributed by atoms with Gasteiger partial charge in [0.25, 0.3) is 5.69 Å². The molecule has 0 aliphatic rings. The Morgan fingerprint density at radius 1 is 0.824 bits per heavy atom. The maximum absolute atomic E-state index is 10.6. The first-order valence-electron chi connectivity index (χ1n) is 11.2. The molecule has 34 heavy (non-hydrogen) atoms. The first-order valence-corrected chi connectivity index (χ1v) is 11.2. The lowest BCUT2D eigenvalue weighted by molar-refractivity contribution is -0.384. The van der Waals surface area contributed by atoms with Crippen LogP contribution in [0.2, 0.25) is 0 Å². The summed E-state index contributed by atoms with van der Waals surface area (Å²) in [4.78, 5) is 10.3. The van der Waals surface area contributed by atoms with Crippen LogP contribution in [0.4, 0.5) is 5.69 Å². The molecule has 2 rings (SSSR count). The van der Waals surface area contributed by atoms with Crippen LogP contribution in [0.25, 0.3) is 0 Å². The lowest BCUT2D eigenvalue weighted by Gasteiger charge is -2.12. The smallest absolute Gasteiger partial charge is 0.269 e. The zero-order valence-electron chi connectivity index (χ0n) is 19.7. The largest absolute Gasteiger partial charge is 0.504 e. The van der Waals surface area contributed by atoms with Crippen LogP contribution in [0.3, 0.4) is 0 Å². The Kier molecular flexibility index (Phi) is 19.8. The number of rotatable bonds is 15. The van der Waals surface area contributed by atoms with Crippen molar-refractivity contribution in [2.75, 3.05) is 26.2 Å². The molecule has 8 nitrogen and oxygen atoms in total. The number of aromatic hydroxyl groups is 2. The molecule has 194 valence electrons. The van der Waals surface area contributed by atoms with Crippen molar-refractivity contribution in [3.8, 4) is 11.5 Å². The number of benzene rings is 2. The first kappa shape index (κ1) is 34.4. The fourth-order valence-corrected chi connectivity index (χ4v) is 3.64. The van der Waals surface area contributed by atoms with Crippen LogP contribution in [-0.2, 0) is 19.3 Å². The third-order valence-corrected chi connectivity index (χ3v) is 5.48. The third kappa shape index (κ3) is 12.1. The van der Waals surface area contributed by atoms with Crippen LogP contribution in [0.1, 0.15) is 49.3 Å². The molecule has 0 aromatic heterocycles. The van der Waals surface area contributed by atoms with Gasteiger partial charge in [0.05, 0.1) is 4.92 Å². The molecule has 2 aromatic rings. The Hall–Kier alpha value is -1.72. The van der Waals surface area contributed by atoms with Crippen LogP contribution in [0, 0.1) is 10.1 Å².